The summed E-state index contributed by atoms with van der Waals surface area (Å²) in [5.74, 6) is 0.00505. The number of carbonyl (C=O) groups excluding carboxylic acids is 2. The Labute approximate surface area is 134 Å². The van der Waals surface area contributed by atoms with E-state index in [1.54, 1.807) is 4.90 Å². The van der Waals surface area contributed by atoms with Gasteiger partial charge >= 0.3 is 6.03 Å². The van der Waals surface area contributed by atoms with Crippen molar-refractivity contribution in [2.75, 3.05) is 24.5 Å². The number of urea groups is 1. The Morgan fingerprint density at radius 3 is 2.55 bits per heavy atom. The fourth-order valence-corrected chi connectivity index (χ4v) is 3.95. The molecule has 3 heterocycles. The maximum atomic E-state index is 12.5. The molecule has 0 aliphatic carbocycles. The lowest BCUT2D eigenvalue weighted by Gasteiger charge is -2.24. The molecule has 3 aliphatic rings. The van der Waals surface area contributed by atoms with Crippen LogP contribution in [0.15, 0.2) is 24.3 Å². The van der Waals surface area contributed by atoms with E-state index in [0.717, 1.165) is 38.0 Å². The van der Waals surface area contributed by atoms with Gasteiger partial charge in [0.1, 0.15) is 6.04 Å². The summed E-state index contributed by atoms with van der Waals surface area (Å²) in [5.41, 5.74) is 1.09. The Balaban J connectivity index is 1.50. The van der Waals surface area contributed by atoms with Gasteiger partial charge in [-0.3, -0.25) is 9.69 Å². The topological polar surface area (TPSA) is 43.9 Å². The Morgan fingerprint density at radius 2 is 1.82 bits per heavy atom. The monoisotopic (exact) mass is 319 g/mol. The molecule has 2 atom stereocenters. The van der Waals surface area contributed by atoms with Crippen LogP contribution in [0.5, 0.6) is 0 Å². The molecule has 3 saturated heterocycles. The van der Waals surface area contributed by atoms with Gasteiger partial charge in [-0.05, 0) is 43.5 Å². The van der Waals surface area contributed by atoms with Gasteiger partial charge < -0.3 is 9.80 Å². The molecule has 0 saturated carbocycles. The summed E-state index contributed by atoms with van der Waals surface area (Å²) in [4.78, 5) is 30.4. The lowest BCUT2D eigenvalue weighted by Crippen LogP contribution is -2.43. The van der Waals surface area contributed by atoms with E-state index < -0.39 is 0 Å². The number of carbonyl (C=O) groups is 2. The number of anilines is 1. The molecule has 4 rings (SSSR count). The Kier molecular flexibility index (Phi) is 3.26. The van der Waals surface area contributed by atoms with Gasteiger partial charge in [-0.25, -0.2) is 4.79 Å². The van der Waals surface area contributed by atoms with Crippen LogP contribution in [-0.2, 0) is 4.79 Å². The number of imide groups is 1. The standard InChI is InChI=1S/C16H18ClN3O2/c17-11-3-5-12(6-4-11)18-9-7-13(10-18)20-15(21)14-2-1-8-19(14)16(20)22/h3-6,13-14H,1-2,7-10H2/t13?,14-/m0/s1. The zero-order valence-corrected chi connectivity index (χ0v) is 13.0. The van der Waals surface area contributed by atoms with Crippen molar-refractivity contribution in [3.05, 3.63) is 29.3 Å². The SMILES string of the molecule is O=C1[C@@H]2CCCN2C(=O)N1C1CCN(c2ccc(Cl)cc2)C1. The Bertz CT molecular complexity index is 596. The minimum atomic E-state index is -0.197. The fourth-order valence-electron chi connectivity index (χ4n) is 3.82. The maximum absolute atomic E-state index is 12.5. The smallest absolute Gasteiger partial charge is 0.327 e. The van der Waals surface area contributed by atoms with Gasteiger partial charge in [-0.2, -0.15) is 0 Å². The van der Waals surface area contributed by atoms with E-state index in [1.807, 2.05) is 24.3 Å². The van der Waals surface area contributed by atoms with Crippen LogP contribution >= 0.6 is 11.6 Å². The number of benzene rings is 1. The molecule has 0 spiro atoms. The van der Waals surface area contributed by atoms with Crippen LogP contribution in [0.2, 0.25) is 5.02 Å². The largest absolute Gasteiger partial charge is 0.369 e. The van der Waals surface area contributed by atoms with E-state index in [2.05, 4.69) is 4.90 Å². The van der Waals surface area contributed by atoms with Gasteiger partial charge in [0.25, 0.3) is 5.91 Å². The van der Waals surface area contributed by atoms with Gasteiger partial charge in [0.2, 0.25) is 0 Å². The highest BCUT2D eigenvalue weighted by Crippen LogP contribution is 2.32. The second-order valence-corrected chi connectivity index (χ2v) is 6.64. The van der Waals surface area contributed by atoms with Crippen molar-refractivity contribution in [2.24, 2.45) is 0 Å². The van der Waals surface area contributed by atoms with E-state index in [9.17, 15) is 9.59 Å². The third-order valence-corrected chi connectivity index (χ3v) is 5.20. The second kappa shape index (κ2) is 5.16. The molecular formula is C16H18ClN3O2. The normalized spacial score (nSPS) is 28.0. The van der Waals surface area contributed by atoms with Crippen molar-refractivity contribution in [1.82, 2.24) is 9.80 Å². The van der Waals surface area contributed by atoms with E-state index in [-0.39, 0.29) is 24.0 Å². The van der Waals surface area contributed by atoms with Gasteiger partial charge in [0.15, 0.2) is 0 Å². The van der Waals surface area contributed by atoms with Crippen molar-refractivity contribution in [3.8, 4) is 0 Å². The first-order valence-electron chi connectivity index (χ1n) is 7.79. The summed E-state index contributed by atoms with van der Waals surface area (Å²) in [6.07, 6.45) is 2.59. The number of nitrogens with zero attached hydrogens (tertiary/aromatic N) is 3. The van der Waals surface area contributed by atoms with Crippen LogP contribution in [0.25, 0.3) is 0 Å². The molecule has 3 fully saturated rings. The van der Waals surface area contributed by atoms with Crippen molar-refractivity contribution in [1.29, 1.82) is 0 Å². The molecule has 1 aromatic carbocycles. The second-order valence-electron chi connectivity index (χ2n) is 6.21. The number of halogens is 1. The minimum absolute atomic E-state index is 0.00505. The van der Waals surface area contributed by atoms with Crippen LogP contribution in [0.3, 0.4) is 0 Å². The van der Waals surface area contributed by atoms with E-state index in [1.165, 1.54) is 4.90 Å². The molecule has 0 aromatic heterocycles. The van der Waals surface area contributed by atoms with E-state index >= 15 is 0 Å². The molecule has 22 heavy (non-hydrogen) atoms. The highest BCUT2D eigenvalue weighted by molar-refractivity contribution is 6.30. The fraction of sp³-hybridized carbons (Fsp3) is 0.500. The molecule has 3 amide bonds. The van der Waals surface area contributed by atoms with Crippen molar-refractivity contribution >= 4 is 29.2 Å². The molecule has 3 aliphatic heterocycles. The van der Waals surface area contributed by atoms with E-state index in [4.69, 9.17) is 11.6 Å². The molecule has 0 N–H and O–H groups in total. The zero-order valence-electron chi connectivity index (χ0n) is 12.2. The van der Waals surface area contributed by atoms with Crippen molar-refractivity contribution in [2.45, 2.75) is 31.3 Å². The quantitative estimate of drug-likeness (QED) is 0.786. The first-order chi connectivity index (χ1) is 10.6. The van der Waals surface area contributed by atoms with Gasteiger partial charge in [0, 0.05) is 30.3 Å². The summed E-state index contributed by atoms with van der Waals surface area (Å²) in [6.45, 7) is 2.28. The van der Waals surface area contributed by atoms with Gasteiger partial charge in [-0.1, -0.05) is 11.6 Å². The van der Waals surface area contributed by atoms with Crippen molar-refractivity contribution < 1.29 is 9.59 Å². The van der Waals surface area contributed by atoms with Gasteiger partial charge in [0.05, 0.1) is 6.04 Å². The highest BCUT2D eigenvalue weighted by atomic mass is 35.5. The molecule has 116 valence electrons. The Morgan fingerprint density at radius 1 is 1.05 bits per heavy atom. The lowest BCUT2D eigenvalue weighted by atomic mass is 10.2. The summed E-state index contributed by atoms with van der Waals surface area (Å²) >= 11 is 5.92. The summed E-state index contributed by atoms with van der Waals surface area (Å²) in [7, 11) is 0. The maximum Gasteiger partial charge on any atom is 0.327 e. The highest BCUT2D eigenvalue weighted by Gasteiger charge is 2.50. The number of hydrogen-bond donors (Lipinski definition) is 0. The Hall–Kier alpha value is -1.75. The molecule has 1 aromatic rings. The van der Waals surface area contributed by atoms with Crippen LogP contribution < -0.4 is 4.90 Å². The summed E-state index contributed by atoms with van der Waals surface area (Å²) in [5, 5.41) is 0.713. The molecule has 1 unspecified atom stereocenters. The third kappa shape index (κ3) is 2.07. The summed E-state index contributed by atoms with van der Waals surface area (Å²) in [6, 6.07) is 7.40. The predicted molar refractivity (Wildman–Crippen MR) is 84.0 cm³/mol. The average molecular weight is 320 g/mol. The molecule has 0 radical (unpaired) electrons. The molecule has 0 bridgehead atoms. The third-order valence-electron chi connectivity index (χ3n) is 4.95. The van der Waals surface area contributed by atoms with Crippen LogP contribution in [0, 0.1) is 0 Å². The zero-order chi connectivity index (χ0) is 15.3. The van der Waals surface area contributed by atoms with Crippen molar-refractivity contribution in [3.63, 3.8) is 0 Å². The minimum Gasteiger partial charge on any atom is -0.369 e. The number of amides is 3. The first-order valence-corrected chi connectivity index (χ1v) is 8.17. The number of fused-ring (bicyclic) bond motifs is 1. The summed E-state index contributed by atoms with van der Waals surface area (Å²) < 4.78 is 0. The van der Waals surface area contributed by atoms with E-state index in [0.29, 0.717) is 11.6 Å². The molecule has 6 heteroatoms. The van der Waals surface area contributed by atoms with Crippen LogP contribution in [0.1, 0.15) is 19.3 Å². The number of rotatable bonds is 2. The first kappa shape index (κ1) is 13.9. The predicted octanol–water partition coefficient (Wildman–Crippen LogP) is 2.35. The van der Waals surface area contributed by atoms with Gasteiger partial charge in [-0.15, -0.1) is 0 Å². The number of hydrogen-bond acceptors (Lipinski definition) is 3. The molecular weight excluding hydrogens is 302 g/mol. The molecule has 5 nitrogen and oxygen atoms in total. The van der Waals surface area contributed by atoms with Crippen LogP contribution in [-0.4, -0.2) is 53.5 Å². The lowest BCUT2D eigenvalue weighted by molar-refractivity contribution is -0.129. The van der Waals surface area contributed by atoms with Crippen LogP contribution in [0.4, 0.5) is 10.5 Å². The average Bonchev–Trinajstić information content (AvgIpc) is 3.20.